The quantitative estimate of drug-likeness (QED) is 0.860. The Bertz CT molecular complexity index is 715. The van der Waals surface area contributed by atoms with E-state index in [2.05, 4.69) is 15.0 Å². The molecule has 1 N–H and O–H groups in total. The summed E-state index contributed by atoms with van der Waals surface area (Å²) < 4.78 is 4.64. The molecular weight excluding hydrogens is 335 g/mol. The molecule has 0 aliphatic rings. The number of methoxy groups -OCH3 is 1. The molecule has 5 nitrogen and oxygen atoms in total. The summed E-state index contributed by atoms with van der Waals surface area (Å²) >= 11 is 12.8. The molecule has 2 rings (SSSR count). The zero-order chi connectivity index (χ0) is 15.6. The predicted octanol–water partition coefficient (Wildman–Crippen LogP) is 3.80. The molecule has 0 spiro atoms. The first-order chi connectivity index (χ1) is 9.92. The molecule has 21 heavy (non-hydrogen) atoms. The van der Waals surface area contributed by atoms with Crippen LogP contribution in [0, 0.1) is 6.92 Å². The highest BCUT2D eigenvalue weighted by Gasteiger charge is 2.18. The Labute approximate surface area is 134 Å². The minimum absolute atomic E-state index is 0.237. The summed E-state index contributed by atoms with van der Waals surface area (Å²) in [6.45, 7) is 1.66. The molecule has 0 fully saturated rings. The van der Waals surface area contributed by atoms with Gasteiger partial charge in [0.25, 0.3) is 5.91 Å². The van der Waals surface area contributed by atoms with Gasteiger partial charge in [0.1, 0.15) is 4.88 Å². The lowest BCUT2D eigenvalue weighted by Crippen LogP contribution is -2.12. The van der Waals surface area contributed by atoms with Crippen molar-refractivity contribution in [3.63, 3.8) is 0 Å². The van der Waals surface area contributed by atoms with Gasteiger partial charge < -0.3 is 4.74 Å². The number of amides is 1. The van der Waals surface area contributed by atoms with Crippen LogP contribution < -0.4 is 5.32 Å². The molecule has 1 aromatic carbocycles. The van der Waals surface area contributed by atoms with Gasteiger partial charge in [-0.05, 0) is 25.1 Å². The van der Waals surface area contributed by atoms with Crippen LogP contribution >= 0.6 is 34.5 Å². The van der Waals surface area contributed by atoms with Crippen molar-refractivity contribution in [2.45, 2.75) is 6.92 Å². The lowest BCUT2D eigenvalue weighted by atomic mass is 10.2. The van der Waals surface area contributed by atoms with Gasteiger partial charge in [-0.2, -0.15) is 0 Å². The minimum atomic E-state index is -0.491. The number of nitrogens with zero attached hydrogens (tertiary/aromatic N) is 1. The molecule has 8 heteroatoms. The lowest BCUT2D eigenvalue weighted by molar-refractivity contribution is 0.0605. The number of anilines is 1. The maximum Gasteiger partial charge on any atom is 0.350 e. The minimum Gasteiger partial charge on any atom is -0.465 e. The van der Waals surface area contributed by atoms with Gasteiger partial charge in [0.2, 0.25) is 0 Å². The van der Waals surface area contributed by atoms with E-state index < -0.39 is 11.9 Å². The summed E-state index contributed by atoms with van der Waals surface area (Å²) in [4.78, 5) is 28.1. The van der Waals surface area contributed by atoms with Crippen LogP contribution in [-0.4, -0.2) is 24.0 Å². The highest BCUT2D eigenvalue weighted by Crippen LogP contribution is 2.26. The van der Waals surface area contributed by atoms with Crippen LogP contribution in [-0.2, 0) is 4.74 Å². The molecule has 0 radical (unpaired) electrons. The van der Waals surface area contributed by atoms with E-state index in [1.54, 1.807) is 13.0 Å². The number of rotatable bonds is 3. The molecule has 1 amide bonds. The largest absolute Gasteiger partial charge is 0.465 e. The van der Waals surface area contributed by atoms with E-state index in [-0.39, 0.29) is 10.6 Å². The third kappa shape index (κ3) is 3.53. The molecule has 0 aliphatic carbocycles. The van der Waals surface area contributed by atoms with E-state index in [0.717, 1.165) is 11.3 Å². The van der Waals surface area contributed by atoms with Crippen molar-refractivity contribution in [1.29, 1.82) is 0 Å². The number of hydrogen-bond acceptors (Lipinski definition) is 5. The van der Waals surface area contributed by atoms with E-state index in [9.17, 15) is 9.59 Å². The SMILES string of the molecule is COC(=O)c1sc(NC(=O)c2ccc(Cl)cc2Cl)nc1C. The summed E-state index contributed by atoms with van der Waals surface area (Å²) in [6.07, 6.45) is 0. The lowest BCUT2D eigenvalue weighted by Gasteiger charge is -2.04. The molecule has 1 aromatic heterocycles. The van der Waals surface area contributed by atoms with E-state index >= 15 is 0 Å². The second-order valence-electron chi connectivity index (χ2n) is 4.00. The molecule has 0 bridgehead atoms. The van der Waals surface area contributed by atoms with Gasteiger partial charge in [-0.3, -0.25) is 10.1 Å². The van der Waals surface area contributed by atoms with Gasteiger partial charge in [-0.15, -0.1) is 0 Å². The smallest absolute Gasteiger partial charge is 0.350 e. The number of carbonyl (C=O) groups is 2. The van der Waals surface area contributed by atoms with E-state index in [0.29, 0.717) is 20.7 Å². The Morgan fingerprint density at radius 2 is 2.05 bits per heavy atom. The number of halogens is 2. The van der Waals surface area contributed by atoms with E-state index in [1.165, 1.54) is 19.2 Å². The van der Waals surface area contributed by atoms with Crippen molar-refractivity contribution in [3.8, 4) is 0 Å². The van der Waals surface area contributed by atoms with Crippen molar-refractivity contribution in [2.75, 3.05) is 12.4 Å². The summed E-state index contributed by atoms with van der Waals surface area (Å²) in [5, 5.41) is 3.56. The summed E-state index contributed by atoms with van der Waals surface area (Å²) in [6, 6.07) is 4.56. The van der Waals surface area contributed by atoms with Gasteiger partial charge in [0.15, 0.2) is 5.13 Å². The molecule has 0 saturated heterocycles. The number of ether oxygens (including phenoxy) is 1. The van der Waals surface area contributed by atoms with Crippen LogP contribution in [0.1, 0.15) is 25.7 Å². The second kappa shape index (κ2) is 6.43. The predicted molar refractivity (Wildman–Crippen MR) is 82.6 cm³/mol. The molecule has 0 unspecified atom stereocenters. The Morgan fingerprint density at radius 3 is 2.67 bits per heavy atom. The van der Waals surface area contributed by atoms with Crippen LogP contribution in [0.5, 0.6) is 0 Å². The number of esters is 1. The van der Waals surface area contributed by atoms with Crippen LogP contribution in [0.2, 0.25) is 10.0 Å². The third-order valence-corrected chi connectivity index (χ3v) is 4.16. The summed E-state index contributed by atoms with van der Waals surface area (Å²) in [5.74, 6) is -0.920. The van der Waals surface area contributed by atoms with Crippen molar-refractivity contribution >= 4 is 51.5 Å². The first-order valence-electron chi connectivity index (χ1n) is 5.74. The average molecular weight is 345 g/mol. The van der Waals surface area contributed by atoms with E-state index in [1.807, 2.05) is 0 Å². The van der Waals surface area contributed by atoms with Gasteiger partial charge in [-0.25, -0.2) is 9.78 Å². The van der Waals surface area contributed by atoms with E-state index in [4.69, 9.17) is 23.2 Å². The van der Waals surface area contributed by atoms with Crippen molar-refractivity contribution in [2.24, 2.45) is 0 Å². The molecular formula is C13H10Cl2N2O3S. The van der Waals surface area contributed by atoms with Gasteiger partial charge in [-0.1, -0.05) is 34.5 Å². The van der Waals surface area contributed by atoms with Crippen molar-refractivity contribution < 1.29 is 14.3 Å². The average Bonchev–Trinajstić information content (AvgIpc) is 2.78. The molecule has 2 aromatic rings. The zero-order valence-corrected chi connectivity index (χ0v) is 13.4. The second-order valence-corrected chi connectivity index (χ2v) is 5.85. The van der Waals surface area contributed by atoms with Gasteiger partial charge >= 0.3 is 5.97 Å². The number of benzene rings is 1. The topological polar surface area (TPSA) is 68.3 Å². The Hall–Kier alpha value is -1.63. The number of carbonyl (C=O) groups excluding carboxylic acids is 2. The molecule has 110 valence electrons. The Morgan fingerprint density at radius 1 is 1.33 bits per heavy atom. The van der Waals surface area contributed by atoms with Gasteiger partial charge in [0, 0.05) is 5.02 Å². The standard InChI is InChI=1S/C13H10Cl2N2O3S/c1-6-10(12(19)20-2)21-13(16-6)17-11(18)8-4-3-7(14)5-9(8)15/h3-5H,1-2H3,(H,16,17,18). The van der Waals surface area contributed by atoms with Crippen LogP contribution in [0.25, 0.3) is 0 Å². The Kier molecular flexibility index (Phi) is 4.82. The third-order valence-electron chi connectivity index (χ3n) is 2.56. The zero-order valence-electron chi connectivity index (χ0n) is 11.1. The first-order valence-corrected chi connectivity index (χ1v) is 7.31. The number of aryl methyl sites for hydroxylation is 1. The number of aromatic nitrogens is 1. The maximum absolute atomic E-state index is 12.1. The number of thiazole rings is 1. The summed E-state index contributed by atoms with van der Waals surface area (Å²) in [5.41, 5.74) is 0.762. The maximum atomic E-state index is 12.1. The Balaban J connectivity index is 2.22. The molecule has 1 heterocycles. The van der Waals surface area contributed by atoms with Crippen molar-refractivity contribution in [3.05, 3.63) is 44.4 Å². The number of hydrogen-bond donors (Lipinski definition) is 1. The first kappa shape index (κ1) is 15.8. The van der Waals surface area contributed by atoms with Gasteiger partial charge in [0.05, 0.1) is 23.4 Å². The van der Waals surface area contributed by atoms with Crippen LogP contribution in [0.4, 0.5) is 5.13 Å². The van der Waals surface area contributed by atoms with Crippen molar-refractivity contribution in [1.82, 2.24) is 4.98 Å². The van der Waals surface area contributed by atoms with Crippen LogP contribution in [0.3, 0.4) is 0 Å². The fraction of sp³-hybridized carbons (Fsp3) is 0.154. The summed E-state index contributed by atoms with van der Waals surface area (Å²) in [7, 11) is 1.28. The fourth-order valence-corrected chi connectivity index (χ4v) is 2.94. The fourth-order valence-electron chi connectivity index (χ4n) is 1.57. The molecule has 0 atom stereocenters. The van der Waals surface area contributed by atoms with Crippen LogP contribution in [0.15, 0.2) is 18.2 Å². The number of nitrogens with one attached hydrogen (secondary N) is 1. The highest BCUT2D eigenvalue weighted by atomic mass is 35.5. The molecule has 0 saturated carbocycles. The monoisotopic (exact) mass is 344 g/mol. The molecule has 0 aliphatic heterocycles. The normalized spacial score (nSPS) is 10.3. The highest BCUT2D eigenvalue weighted by molar-refractivity contribution is 7.17.